The normalized spacial score (nSPS) is 11.0. The summed E-state index contributed by atoms with van der Waals surface area (Å²) >= 11 is 0. The van der Waals surface area contributed by atoms with E-state index in [1.54, 1.807) is 0 Å². The van der Waals surface area contributed by atoms with Crippen molar-refractivity contribution in [2.24, 2.45) is 0 Å². The molecule has 0 saturated carbocycles. The summed E-state index contributed by atoms with van der Waals surface area (Å²) in [5.74, 6) is -8.06. The molecule has 106 valence electrons. The Morgan fingerprint density at radius 2 is 1.52 bits per heavy atom. The second kappa shape index (κ2) is 4.62. The van der Waals surface area contributed by atoms with Crippen molar-refractivity contribution in [1.82, 2.24) is 19.9 Å². The van der Waals surface area contributed by atoms with Gasteiger partial charge in [-0.1, -0.05) is 0 Å². The zero-order valence-electron chi connectivity index (χ0n) is 9.99. The first-order valence-corrected chi connectivity index (χ1v) is 5.54. The van der Waals surface area contributed by atoms with Crippen LogP contribution in [0.5, 0.6) is 0 Å². The van der Waals surface area contributed by atoms with Crippen LogP contribution in [0.2, 0.25) is 0 Å². The Bertz CT molecular complexity index is 911. The Balaban J connectivity index is 2.43. The molecule has 0 amide bonds. The minimum Gasteiger partial charge on any atom is -0.303 e. The summed E-state index contributed by atoms with van der Waals surface area (Å²) in [7, 11) is 0. The molecule has 1 N–H and O–H groups in total. The van der Waals surface area contributed by atoms with Crippen molar-refractivity contribution in [3.05, 3.63) is 52.1 Å². The first-order valence-electron chi connectivity index (χ1n) is 5.54. The zero-order valence-corrected chi connectivity index (χ0v) is 9.99. The van der Waals surface area contributed by atoms with Crippen molar-refractivity contribution in [3.8, 4) is 11.6 Å². The summed E-state index contributed by atoms with van der Waals surface area (Å²) in [6.07, 6.45) is 2.66. The fourth-order valence-electron chi connectivity index (χ4n) is 1.77. The molecule has 21 heavy (non-hydrogen) atoms. The van der Waals surface area contributed by atoms with Gasteiger partial charge in [-0.15, -0.1) is 0 Å². The first kappa shape index (κ1) is 13.2. The van der Waals surface area contributed by atoms with Gasteiger partial charge in [0.05, 0.1) is 0 Å². The van der Waals surface area contributed by atoms with E-state index in [-0.39, 0.29) is 11.6 Å². The van der Waals surface area contributed by atoms with E-state index in [9.17, 15) is 22.4 Å². The van der Waals surface area contributed by atoms with Crippen molar-refractivity contribution in [1.29, 1.82) is 0 Å². The van der Waals surface area contributed by atoms with Crippen LogP contribution in [-0.4, -0.2) is 19.9 Å². The molecule has 5 nitrogen and oxygen atoms in total. The minimum atomic E-state index is -2.07. The van der Waals surface area contributed by atoms with Gasteiger partial charge in [-0.05, 0) is 6.07 Å². The highest BCUT2D eigenvalue weighted by molar-refractivity contribution is 5.80. The molecule has 2 aromatic heterocycles. The van der Waals surface area contributed by atoms with E-state index in [4.69, 9.17) is 0 Å². The summed E-state index contributed by atoms with van der Waals surface area (Å²) in [5, 5.41) is -1.01. The Morgan fingerprint density at radius 3 is 2.19 bits per heavy atom. The van der Waals surface area contributed by atoms with Crippen LogP contribution >= 0.6 is 0 Å². The number of hydrogen-bond acceptors (Lipinski definition) is 4. The maximum atomic E-state index is 13.7. The summed E-state index contributed by atoms with van der Waals surface area (Å²) in [6.45, 7) is 0. The van der Waals surface area contributed by atoms with Gasteiger partial charge in [0.1, 0.15) is 10.9 Å². The Morgan fingerprint density at radius 1 is 0.905 bits per heavy atom. The summed E-state index contributed by atoms with van der Waals surface area (Å²) in [4.78, 5) is 24.9. The summed E-state index contributed by atoms with van der Waals surface area (Å²) in [5.41, 5.74) is -2.10. The van der Waals surface area contributed by atoms with Gasteiger partial charge in [-0.3, -0.25) is 4.79 Å². The highest BCUT2D eigenvalue weighted by atomic mass is 19.2. The molecule has 0 aliphatic carbocycles. The second-order valence-corrected chi connectivity index (χ2v) is 3.97. The van der Waals surface area contributed by atoms with Gasteiger partial charge in [-0.2, -0.15) is 0 Å². The van der Waals surface area contributed by atoms with Gasteiger partial charge in [0.2, 0.25) is 0 Å². The number of fused-ring (bicyclic) bond motifs is 1. The molecule has 0 aliphatic heterocycles. The Labute approximate surface area is 113 Å². The molecule has 2 heterocycles. The number of aromatic nitrogens is 4. The number of H-pyrrole nitrogens is 1. The van der Waals surface area contributed by atoms with Crippen LogP contribution in [0.25, 0.3) is 22.6 Å². The lowest BCUT2D eigenvalue weighted by Gasteiger charge is -2.05. The molecule has 0 spiro atoms. The van der Waals surface area contributed by atoms with Crippen LogP contribution in [0, 0.1) is 23.3 Å². The van der Waals surface area contributed by atoms with Crippen molar-refractivity contribution in [2.75, 3.05) is 0 Å². The van der Waals surface area contributed by atoms with Crippen LogP contribution < -0.4 is 5.56 Å². The molecule has 1 aromatic carbocycles. The van der Waals surface area contributed by atoms with Gasteiger partial charge in [0, 0.05) is 12.4 Å². The van der Waals surface area contributed by atoms with Gasteiger partial charge < -0.3 is 4.98 Å². The van der Waals surface area contributed by atoms with E-state index in [0.29, 0.717) is 0 Å². The lowest BCUT2D eigenvalue weighted by Crippen LogP contribution is -2.15. The second-order valence-electron chi connectivity index (χ2n) is 3.97. The third-order valence-electron chi connectivity index (χ3n) is 2.70. The Hall–Kier alpha value is -2.84. The highest BCUT2D eigenvalue weighted by Crippen LogP contribution is 2.23. The van der Waals surface area contributed by atoms with Crippen LogP contribution in [0.3, 0.4) is 0 Å². The number of hydrogen-bond donors (Lipinski definition) is 1. The van der Waals surface area contributed by atoms with Crippen molar-refractivity contribution in [2.45, 2.75) is 0 Å². The third kappa shape index (κ3) is 1.93. The van der Waals surface area contributed by atoms with Crippen molar-refractivity contribution >= 4 is 10.9 Å². The van der Waals surface area contributed by atoms with Crippen LogP contribution in [0.1, 0.15) is 0 Å². The molecule has 9 heteroatoms. The number of halogens is 4. The molecule has 3 rings (SSSR count). The average molecular weight is 296 g/mol. The standard InChI is InChI=1S/C12H4F4N4O/c13-5-4-9(8(16)7(15)6(5)14)19-11(20-12(4)21)10-17-2-1-3-18-10/h1-3H,(H,19,20,21). The van der Waals surface area contributed by atoms with E-state index in [2.05, 4.69) is 19.9 Å². The van der Waals surface area contributed by atoms with Crippen LogP contribution in [0.4, 0.5) is 17.6 Å². The molecular weight excluding hydrogens is 292 g/mol. The zero-order chi connectivity index (χ0) is 15.1. The van der Waals surface area contributed by atoms with E-state index >= 15 is 0 Å². The van der Waals surface area contributed by atoms with Gasteiger partial charge in [0.25, 0.3) is 5.56 Å². The molecule has 0 fully saturated rings. The quantitative estimate of drug-likeness (QED) is 0.423. The summed E-state index contributed by atoms with van der Waals surface area (Å²) < 4.78 is 53.6. The van der Waals surface area contributed by atoms with Crippen LogP contribution in [-0.2, 0) is 0 Å². The smallest absolute Gasteiger partial charge is 0.262 e. The predicted octanol–water partition coefficient (Wildman–Crippen LogP) is 1.94. The number of benzene rings is 1. The topological polar surface area (TPSA) is 71.5 Å². The molecule has 0 saturated heterocycles. The highest BCUT2D eigenvalue weighted by Gasteiger charge is 2.24. The number of aromatic amines is 1. The lowest BCUT2D eigenvalue weighted by molar-refractivity contribution is 0.416. The first-order chi connectivity index (χ1) is 10.0. The molecule has 0 bridgehead atoms. The van der Waals surface area contributed by atoms with E-state index in [0.717, 1.165) is 0 Å². The minimum absolute atomic E-state index is 0.0824. The van der Waals surface area contributed by atoms with Crippen LogP contribution in [0.15, 0.2) is 23.3 Å². The average Bonchev–Trinajstić information content (AvgIpc) is 2.51. The molecule has 0 aliphatic rings. The molecule has 0 unspecified atom stereocenters. The maximum Gasteiger partial charge on any atom is 0.262 e. The largest absolute Gasteiger partial charge is 0.303 e. The molecule has 0 radical (unpaired) electrons. The number of nitrogens with zero attached hydrogens (tertiary/aromatic N) is 3. The summed E-state index contributed by atoms with van der Waals surface area (Å²) in [6, 6.07) is 1.48. The molecule has 3 aromatic rings. The van der Waals surface area contributed by atoms with Crippen molar-refractivity contribution < 1.29 is 17.6 Å². The van der Waals surface area contributed by atoms with Gasteiger partial charge >= 0.3 is 0 Å². The van der Waals surface area contributed by atoms with E-state index in [1.807, 2.05) is 0 Å². The number of rotatable bonds is 1. The predicted molar refractivity (Wildman–Crippen MR) is 63.2 cm³/mol. The fourth-order valence-corrected chi connectivity index (χ4v) is 1.77. The third-order valence-corrected chi connectivity index (χ3v) is 2.70. The Kier molecular flexibility index (Phi) is 2.89. The molecular formula is C12H4F4N4O. The fraction of sp³-hybridized carbons (Fsp3) is 0. The monoisotopic (exact) mass is 296 g/mol. The van der Waals surface area contributed by atoms with Gasteiger partial charge in [-0.25, -0.2) is 32.5 Å². The van der Waals surface area contributed by atoms with Gasteiger partial charge in [0.15, 0.2) is 34.9 Å². The molecule has 0 atom stereocenters. The maximum absolute atomic E-state index is 13.7. The van der Waals surface area contributed by atoms with E-state index < -0.39 is 39.7 Å². The SMILES string of the molecule is O=c1[nH]c(-c2ncccn2)nc2c(F)c(F)c(F)c(F)c12. The lowest BCUT2D eigenvalue weighted by atomic mass is 10.2. The van der Waals surface area contributed by atoms with E-state index in [1.165, 1.54) is 18.5 Å². The van der Waals surface area contributed by atoms with Crippen molar-refractivity contribution in [3.63, 3.8) is 0 Å². The number of nitrogens with one attached hydrogen (secondary N) is 1.